The fourth-order valence-electron chi connectivity index (χ4n) is 2.87. The largest absolute Gasteiger partial charge is 0.494 e. The van der Waals surface area contributed by atoms with Crippen LogP contribution in [0.2, 0.25) is 0 Å². The number of hydrogen-bond acceptors (Lipinski definition) is 2. The van der Waals surface area contributed by atoms with Crippen molar-refractivity contribution < 1.29 is 4.74 Å². The molecule has 0 saturated heterocycles. The molecule has 0 aromatic heterocycles. The molecule has 3 heteroatoms. The minimum atomic E-state index is 0.318. The minimum absolute atomic E-state index is 0.318. The molecular weight excluding hydrogens is 302 g/mol. The zero-order chi connectivity index (χ0) is 13.7. The van der Waals surface area contributed by atoms with E-state index >= 15 is 0 Å². The van der Waals surface area contributed by atoms with Crippen molar-refractivity contribution in [3.05, 3.63) is 28.7 Å². The summed E-state index contributed by atoms with van der Waals surface area (Å²) in [5.41, 5.74) is 6.34. The van der Waals surface area contributed by atoms with Crippen LogP contribution in [-0.4, -0.2) is 13.2 Å². The summed E-state index contributed by atoms with van der Waals surface area (Å²) in [5.74, 6) is 1.80. The predicted octanol–water partition coefficient (Wildman–Crippen LogP) is 4.37. The van der Waals surface area contributed by atoms with E-state index < -0.39 is 0 Å². The molecular formula is C16H24BrNO. The van der Waals surface area contributed by atoms with Gasteiger partial charge in [-0.05, 0) is 55.3 Å². The highest BCUT2D eigenvalue weighted by Crippen LogP contribution is 2.40. The standard InChI is InChI=1S/C16H24BrNO/c1-13-5-7-16(12-18,8-6-13)9-10-19-15-4-2-3-14(17)11-15/h2-4,11,13H,5-10,12,18H2,1H3. The van der Waals surface area contributed by atoms with Crippen LogP contribution in [0.5, 0.6) is 5.75 Å². The Morgan fingerprint density at radius 3 is 2.74 bits per heavy atom. The van der Waals surface area contributed by atoms with Crippen molar-refractivity contribution in [3.8, 4) is 5.75 Å². The molecule has 1 aliphatic rings. The number of halogens is 1. The Labute approximate surface area is 124 Å². The highest BCUT2D eigenvalue weighted by atomic mass is 79.9. The average molecular weight is 326 g/mol. The number of hydrogen-bond donors (Lipinski definition) is 1. The van der Waals surface area contributed by atoms with Crippen LogP contribution < -0.4 is 10.5 Å². The molecule has 1 aromatic rings. The molecule has 19 heavy (non-hydrogen) atoms. The van der Waals surface area contributed by atoms with Crippen LogP contribution in [0.4, 0.5) is 0 Å². The van der Waals surface area contributed by atoms with E-state index in [4.69, 9.17) is 10.5 Å². The molecule has 0 amide bonds. The van der Waals surface area contributed by atoms with Crippen LogP contribution in [0.25, 0.3) is 0 Å². The Balaban J connectivity index is 1.83. The second kappa shape index (κ2) is 6.76. The minimum Gasteiger partial charge on any atom is -0.494 e. The Hall–Kier alpha value is -0.540. The fraction of sp³-hybridized carbons (Fsp3) is 0.625. The zero-order valence-corrected chi connectivity index (χ0v) is 13.3. The van der Waals surface area contributed by atoms with Crippen LogP contribution in [0.3, 0.4) is 0 Å². The maximum absolute atomic E-state index is 6.02. The van der Waals surface area contributed by atoms with Gasteiger partial charge in [0.15, 0.2) is 0 Å². The third-order valence-electron chi connectivity index (χ3n) is 4.47. The summed E-state index contributed by atoms with van der Waals surface area (Å²) in [6.45, 7) is 3.90. The molecule has 0 radical (unpaired) electrons. The van der Waals surface area contributed by atoms with Crippen molar-refractivity contribution in [2.45, 2.75) is 39.0 Å². The highest BCUT2D eigenvalue weighted by Gasteiger charge is 2.32. The van der Waals surface area contributed by atoms with Crippen LogP contribution in [0.1, 0.15) is 39.0 Å². The van der Waals surface area contributed by atoms with Crippen molar-refractivity contribution in [3.63, 3.8) is 0 Å². The summed E-state index contributed by atoms with van der Waals surface area (Å²) in [7, 11) is 0. The topological polar surface area (TPSA) is 35.2 Å². The van der Waals surface area contributed by atoms with Crippen LogP contribution in [0, 0.1) is 11.3 Å². The molecule has 1 aromatic carbocycles. The zero-order valence-electron chi connectivity index (χ0n) is 11.7. The molecule has 0 heterocycles. The van der Waals surface area contributed by atoms with Crippen LogP contribution >= 0.6 is 15.9 Å². The van der Waals surface area contributed by atoms with E-state index in [1.54, 1.807) is 0 Å². The van der Waals surface area contributed by atoms with Crippen molar-refractivity contribution in [1.29, 1.82) is 0 Å². The summed E-state index contributed by atoms with van der Waals surface area (Å²) >= 11 is 3.46. The second-order valence-electron chi connectivity index (χ2n) is 5.94. The Kier molecular flexibility index (Phi) is 5.28. The summed E-state index contributed by atoms with van der Waals surface area (Å²) in [5, 5.41) is 0. The van der Waals surface area contributed by atoms with Gasteiger partial charge in [-0.25, -0.2) is 0 Å². The van der Waals surface area contributed by atoms with Crippen molar-refractivity contribution in [1.82, 2.24) is 0 Å². The van der Waals surface area contributed by atoms with Gasteiger partial charge in [0, 0.05) is 4.47 Å². The van der Waals surface area contributed by atoms with E-state index in [0.717, 1.165) is 35.7 Å². The van der Waals surface area contributed by atoms with Gasteiger partial charge in [0.1, 0.15) is 5.75 Å². The molecule has 1 aliphatic carbocycles. The van der Waals surface area contributed by atoms with Gasteiger partial charge in [-0.15, -0.1) is 0 Å². The first kappa shape index (κ1) is 14.9. The Bertz CT molecular complexity index is 399. The lowest BCUT2D eigenvalue weighted by molar-refractivity contribution is 0.123. The molecule has 2 rings (SSSR count). The van der Waals surface area contributed by atoms with Crippen molar-refractivity contribution >= 4 is 15.9 Å². The van der Waals surface area contributed by atoms with Gasteiger partial charge in [-0.2, -0.15) is 0 Å². The molecule has 0 unspecified atom stereocenters. The van der Waals surface area contributed by atoms with E-state index in [1.807, 2.05) is 24.3 Å². The molecule has 1 saturated carbocycles. The molecule has 0 bridgehead atoms. The maximum atomic E-state index is 6.02. The second-order valence-corrected chi connectivity index (χ2v) is 6.86. The SMILES string of the molecule is CC1CCC(CN)(CCOc2cccc(Br)c2)CC1. The van der Waals surface area contributed by atoms with E-state index in [1.165, 1.54) is 25.7 Å². The van der Waals surface area contributed by atoms with Gasteiger partial charge >= 0.3 is 0 Å². The quantitative estimate of drug-likeness (QED) is 0.872. The van der Waals surface area contributed by atoms with Gasteiger partial charge in [-0.1, -0.05) is 41.8 Å². The van der Waals surface area contributed by atoms with E-state index in [2.05, 4.69) is 22.9 Å². The van der Waals surface area contributed by atoms with Crippen LogP contribution in [-0.2, 0) is 0 Å². The smallest absolute Gasteiger partial charge is 0.120 e. The van der Waals surface area contributed by atoms with Crippen LogP contribution in [0.15, 0.2) is 28.7 Å². The summed E-state index contributed by atoms with van der Waals surface area (Å²) in [4.78, 5) is 0. The van der Waals surface area contributed by atoms with Gasteiger partial charge in [-0.3, -0.25) is 0 Å². The number of rotatable bonds is 5. The predicted molar refractivity (Wildman–Crippen MR) is 83.4 cm³/mol. The van der Waals surface area contributed by atoms with Crippen molar-refractivity contribution in [2.75, 3.05) is 13.2 Å². The number of benzene rings is 1. The van der Waals surface area contributed by atoms with E-state index in [0.29, 0.717) is 5.41 Å². The highest BCUT2D eigenvalue weighted by molar-refractivity contribution is 9.10. The summed E-state index contributed by atoms with van der Waals surface area (Å²) in [6.07, 6.45) is 6.21. The normalized spacial score (nSPS) is 27.2. The third kappa shape index (κ3) is 4.22. The molecule has 0 aliphatic heterocycles. The van der Waals surface area contributed by atoms with E-state index in [9.17, 15) is 0 Å². The first-order valence-corrected chi connectivity index (χ1v) is 8.01. The summed E-state index contributed by atoms with van der Waals surface area (Å²) < 4.78 is 6.92. The summed E-state index contributed by atoms with van der Waals surface area (Å²) in [6, 6.07) is 8.03. The monoisotopic (exact) mass is 325 g/mol. The first-order valence-electron chi connectivity index (χ1n) is 7.22. The average Bonchev–Trinajstić information content (AvgIpc) is 2.42. The number of nitrogens with two attached hydrogens (primary N) is 1. The lowest BCUT2D eigenvalue weighted by Crippen LogP contribution is -2.35. The lowest BCUT2D eigenvalue weighted by Gasteiger charge is -2.38. The first-order chi connectivity index (χ1) is 9.13. The third-order valence-corrected chi connectivity index (χ3v) is 4.96. The van der Waals surface area contributed by atoms with Gasteiger partial charge in [0.05, 0.1) is 6.61 Å². The Morgan fingerprint density at radius 1 is 1.37 bits per heavy atom. The Morgan fingerprint density at radius 2 is 2.11 bits per heavy atom. The maximum Gasteiger partial charge on any atom is 0.120 e. The van der Waals surface area contributed by atoms with E-state index in [-0.39, 0.29) is 0 Å². The molecule has 106 valence electrons. The molecule has 1 fully saturated rings. The molecule has 0 spiro atoms. The van der Waals surface area contributed by atoms with Gasteiger partial charge in [0.2, 0.25) is 0 Å². The molecule has 0 atom stereocenters. The fourth-order valence-corrected chi connectivity index (χ4v) is 3.25. The van der Waals surface area contributed by atoms with Crippen molar-refractivity contribution in [2.24, 2.45) is 17.1 Å². The number of ether oxygens (including phenoxy) is 1. The molecule has 2 N–H and O–H groups in total. The van der Waals surface area contributed by atoms with Gasteiger partial charge in [0.25, 0.3) is 0 Å². The van der Waals surface area contributed by atoms with Gasteiger partial charge < -0.3 is 10.5 Å². The lowest BCUT2D eigenvalue weighted by atomic mass is 9.69. The molecule has 2 nitrogen and oxygen atoms in total.